The molecule has 0 radical (unpaired) electrons. The first-order valence-corrected chi connectivity index (χ1v) is 7.21. The maximum absolute atomic E-state index is 3.70. The van der Waals surface area contributed by atoms with Crippen LogP contribution >= 0.6 is 0 Å². The molecule has 3 rings (SSSR count). The SMILES string of the molecule is CC(C1CC1)N(C)C1CCC1CNC1CC1. The van der Waals surface area contributed by atoms with Crippen molar-refractivity contribution in [2.24, 2.45) is 11.8 Å². The first-order chi connectivity index (χ1) is 7.75. The Labute approximate surface area is 99.8 Å². The lowest BCUT2D eigenvalue weighted by molar-refractivity contribution is 0.0479. The van der Waals surface area contributed by atoms with Crippen LogP contribution in [0.1, 0.15) is 45.4 Å². The van der Waals surface area contributed by atoms with Crippen LogP contribution in [-0.2, 0) is 0 Å². The van der Waals surface area contributed by atoms with E-state index in [0.29, 0.717) is 0 Å². The Balaban J connectivity index is 1.45. The molecule has 1 N–H and O–H groups in total. The number of rotatable bonds is 6. The van der Waals surface area contributed by atoms with Crippen molar-refractivity contribution in [2.75, 3.05) is 13.6 Å². The van der Waals surface area contributed by atoms with E-state index in [2.05, 4.69) is 24.2 Å². The molecule has 0 saturated heterocycles. The lowest BCUT2D eigenvalue weighted by atomic mass is 9.78. The van der Waals surface area contributed by atoms with Gasteiger partial charge < -0.3 is 10.2 Å². The highest BCUT2D eigenvalue weighted by atomic mass is 15.2. The third-order valence-corrected chi connectivity index (χ3v) is 5.09. The molecule has 0 amide bonds. The molecule has 0 bridgehead atoms. The molecule has 3 aliphatic rings. The van der Waals surface area contributed by atoms with Crippen LogP contribution in [-0.4, -0.2) is 36.6 Å². The molecular weight excluding hydrogens is 196 g/mol. The third kappa shape index (κ3) is 2.28. The summed E-state index contributed by atoms with van der Waals surface area (Å²) in [7, 11) is 2.36. The summed E-state index contributed by atoms with van der Waals surface area (Å²) in [6.07, 6.45) is 8.68. The quantitative estimate of drug-likeness (QED) is 0.741. The van der Waals surface area contributed by atoms with Gasteiger partial charge in [-0.05, 0) is 70.9 Å². The molecule has 2 nitrogen and oxygen atoms in total. The third-order valence-electron chi connectivity index (χ3n) is 5.09. The highest BCUT2D eigenvalue weighted by molar-refractivity contribution is 4.95. The Kier molecular flexibility index (Phi) is 2.97. The van der Waals surface area contributed by atoms with Crippen LogP contribution in [0.5, 0.6) is 0 Å². The lowest BCUT2D eigenvalue weighted by Gasteiger charge is -2.45. The largest absolute Gasteiger partial charge is 0.314 e. The molecule has 92 valence electrons. The first-order valence-electron chi connectivity index (χ1n) is 7.21. The van der Waals surface area contributed by atoms with E-state index in [1.807, 2.05) is 0 Å². The summed E-state index contributed by atoms with van der Waals surface area (Å²) in [5.41, 5.74) is 0. The van der Waals surface area contributed by atoms with Gasteiger partial charge in [0, 0.05) is 18.1 Å². The Bertz CT molecular complexity index is 245. The fourth-order valence-electron chi connectivity index (χ4n) is 3.14. The summed E-state index contributed by atoms with van der Waals surface area (Å²) in [5.74, 6) is 1.95. The van der Waals surface area contributed by atoms with Crippen LogP contribution < -0.4 is 5.32 Å². The Morgan fingerprint density at radius 3 is 2.38 bits per heavy atom. The Hall–Kier alpha value is -0.0800. The van der Waals surface area contributed by atoms with Gasteiger partial charge in [-0.25, -0.2) is 0 Å². The van der Waals surface area contributed by atoms with Gasteiger partial charge in [0.25, 0.3) is 0 Å². The van der Waals surface area contributed by atoms with Crippen LogP contribution in [0.4, 0.5) is 0 Å². The van der Waals surface area contributed by atoms with E-state index in [1.54, 1.807) is 0 Å². The van der Waals surface area contributed by atoms with E-state index in [1.165, 1.54) is 45.1 Å². The van der Waals surface area contributed by atoms with Gasteiger partial charge in [0.2, 0.25) is 0 Å². The monoisotopic (exact) mass is 222 g/mol. The summed E-state index contributed by atoms with van der Waals surface area (Å²) in [5, 5.41) is 3.70. The van der Waals surface area contributed by atoms with Gasteiger partial charge >= 0.3 is 0 Å². The standard InChI is InChI=1S/C14H26N2/c1-10(11-3-4-11)16(2)14-8-5-12(14)9-15-13-6-7-13/h10-15H,3-9H2,1-2H3. The number of nitrogens with zero attached hydrogens (tertiary/aromatic N) is 1. The minimum absolute atomic E-state index is 0.828. The van der Waals surface area contributed by atoms with Gasteiger partial charge in [-0.15, -0.1) is 0 Å². The Morgan fingerprint density at radius 1 is 1.12 bits per heavy atom. The Morgan fingerprint density at radius 2 is 1.88 bits per heavy atom. The maximum Gasteiger partial charge on any atom is 0.0136 e. The van der Waals surface area contributed by atoms with Gasteiger partial charge in [0.05, 0.1) is 0 Å². The highest BCUT2D eigenvalue weighted by Gasteiger charge is 2.40. The van der Waals surface area contributed by atoms with E-state index in [4.69, 9.17) is 0 Å². The molecule has 3 fully saturated rings. The second-order valence-corrected chi connectivity index (χ2v) is 6.33. The highest BCUT2D eigenvalue weighted by Crippen LogP contribution is 2.39. The fraction of sp³-hybridized carbons (Fsp3) is 1.00. The predicted octanol–water partition coefficient (Wildman–Crippen LogP) is 2.25. The second kappa shape index (κ2) is 4.30. The molecule has 3 aliphatic carbocycles. The lowest BCUT2D eigenvalue weighted by Crippen LogP contribution is -2.52. The molecule has 16 heavy (non-hydrogen) atoms. The fourth-order valence-corrected chi connectivity index (χ4v) is 3.14. The van der Waals surface area contributed by atoms with Crippen LogP contribution in [0, 0.1) is 11.8 Å². The van der Waals surface area contributed by atoms with Gasteiger partial charge in [-0.1, -0.05) is 0 Å². The molecule has 0 heterocycles. The van der Waals surface area contributed by atoms with Gasteiger partial charge in [-0.3, -0.25) is 0 Å². The predicted molar refractivity (Wildman–Crippen MR) is 67.5 cm³/mol. The zero-order valence-electron chi connectivity index (χ0n) is 10.8. The zero-order valence-corrected chi connectivity index (χ0v) is 10.8. The molecular formula is C14H26N2. The molecule has 0 aliphatic heterocycles. The van der Waals surface area contributed by atoms with Crippen molar-refractivity contribution >= 4 is 0 Å². The molecule has 0 aromatic rings. The minimum Gasteiger partial charge on any atom is -0.314 e. The molecule has 3 saturated carbocycles. The van der Waals surface area contributed by atoms with Crippen molar-refractivity contribution in [1.82, 2.24) is 10.2 Å². The number of hydrogen-bond acceptors (Lipinski definition) is 2. The molecule has 0 aromatic carbocycles. The van der Waals surface area contributed by atoms with Crippen LogP contribution in [0.3, 0.4) is 0 Å². The molecule has 3 atom stereocenters. The summed E-state index contributed by atoms with van der Waals surface area (Å²) in [4.78, 5) is 2.68. The van der Waals surface area contributed by atoms with Crippen molar-refractivity contribution in [3.8, 4) is 0 Å². The van der Waals surface area contributed by atoms with Gasteiger partial charge in [0.15, 0.2) is 0 Å². The summed E-state index contributed by atoms with van der Waals surface area (Å²) in [6.45, 7) is 3.71. The average molecular weight is 222 g/mol. The van der Waals surface area contributed by atoms with E-state index in [0.717, 1.165) is 30.0 Å². The molecule has 0 spiro atoms. The first kappa shape index (κ1) is 11.0. The number of hydrogen-bond donors (Lipinski definition) is 1. The van der Waals surface area contributed by atoms with Gasteiger partial charge in [-0.2, -0.15) is 0 Å². The minimum atomic E-state index is 0.828. The smallest absolute Gasteiger partial charge is 0.0136 e. The van der Waals surface area contributed by atoms with Crippen LogP contribution in [0.15, 0.2) is 0 Å². The normalized spacial score (nSPS) is 36.2. The topological polar surface area (TPSA) is 15.3 Å². The molecule has 2 heteroatoms. The van der Waals surface area contributed by atoms with Crippen molar-refractivity contribution in [3.05, 3.63) is 0 Å². The van der Waals surface area contributed by atoms with Crippen LogP contribution in [0.2, 0.25) is 0 Å². The van der Waals surface area contributed by atoms with E-state index < -0.39 is 0 Å². The van der Waals surface area contributed by atoms with Crippen LogP contribution in [0.25, 0.3) is 0 Å². The van der Waals surface area contributed by atoms with Crippen molar-refractivity contribution in [3.63, 3.8) is 0 Å². The van der Waals surface area contributed by atoms with Crippen molar-refractivity contribution in [2.45, 2.75) is 63.6 Å². The van der Waals surface area contributed by atoms with Gasteiger partial charge in [0.1, 0.15) is 0 Å². The number of nitrogens with one attached hydrogen (secondary N) is 1. The van der Waals surface area contributed by atoms with Crippen molar-refractivity contribution in [1.29, 1.82) is 0 Å². The second-order valence-electron chi connectivity index (χ2n) is 6.33. The molecule has 3 unspecified atom stereocenters. The van der Waals surface area contributed by atoms with E-state index >= 15 is 0 Å². The summed E-state index contributed by atoms with van der Waals surface area (Å²) in [6, 6.07) is 2.59. The zero-order chi connectivity index (χ0) is 11.1. The maximum atomic E-state index is 3.70. The van der Waals surface area contributed by atoms with Crippen molar-refractivity contribution < 1.29 is 0 Å². The average Bonchev–Trinajstić information content (AvgIpc) is 3.08. The van der Waals surface area contributed by atoms with E-state index in [-0.39, 0.29) is 0 Å². The van der Waals surface area contributed by atoms with E-state index in [9.17, 15) is 0 Å². The molecule has 0 aromatic heterocycles. The summed E-state index contributed by atoms with van der Waals surface area (Å²) >= 11 is 0. The summed E-state index contributed by atoms with van der Waals surface area (Å²) < 4.78 is 0.